The lowest BCUT2D eigenvalue weighted by molar-refractivity contribution is -0.145. The number of esters is 1. The van der Waals surface area contributed by atoms with Gasteiger partial charge in [0.15, 0.2) is 6.61 Å². The Morgan fingerprint density at radius 3 is 2.46 bits per heavy atom. The molecule has 0 saturated carbocycles. The molecule has 1 aromatic heterocycles. The second-order valence-electron chi connectivity index (χ2n) is 5.90. The molecule has 0 aliphatic carbocycles. The predicted molar refractivity (Wildman–Crippen MR) is 106 cm³/mol. The lowest BCUT2D eigenvalue weighted by Gasteiger charge is -2.14. The number of ether oxygens (including phenoxy) is 2. The maximum absolute atomic E-state index is 11.4. The molecule has 0 saturated heterocycles. The van der Waals surface area contributed by atoms with Crippen molar-refractivity contribution < 1.29 is 14.3 Å². The van der Waals surface area contributed by atoms with E-state index in [4.69, 9.17) is 15.2 Å². The average Bonchev–Trinajstić information content (AvgIpc) is 2.73. The Kier molecular flexibility index (Phi) is 5.87. The number of nitrogen functional groups attached to an aromatic ring is 1. The van der Waals surface area contributed by atoms with Crippen molar-refractivity contribution in [2.75, 3.05) is 18.9 Å². The van der Waals surface area contributed by atoms with Gasteiger partial charge in [-0.25, -0.2) is 9.78 Å². The molecule has 6 heteroatoms. The molecule has 0 amide bonds. The molecule has 3 rings (SSSR count). The van der Waals surface area contributed by atoms with Crippen molar-refractivity contribution in [1.82, 2.24) is 4.98 Å². The zero-order valence-corrected chi connectivity index (χ0v) is 15.4. The molecule has 0 bridgehead atoms. The third kappa shape index (κ3) is 4.10. The first-order valence-electron chi connectivity index (χ1n) is 8.77. The van der Waals surface area contributed by atoms with Crippen LogP contribution in [0.1, 0.15) is 12.5 Å². The summed E-state index contributed by atoms with van der Waals surface area (Å²) in [6, 6.07) is 19.0. The highest BCUT2D eigenvalue weighted by atomic mass is 16.6. The Balaban J connectivity index is 1.98. The maximum Gasteiger partial charge on any atom is 0.344 e. The molecule has 2 N–H and O–H groups in total. The van der Waals surface area contributed by atoms with Crippen molar-refractivity contribution >= 4 is 11.8 Å². The van der Waals surface area contributed by atoms with E-state index in [2.05, 4.69) is 11.1 Å². The summed E-state index contributed by atoms with van der Waals surface area (Å²) in [5.74, 6) is 0.282. The number of nitrogens with zero attached hydrogens (tertiary/aromatic N) is 2. The van der Waals surface area contributed by atoms with Crippen molar-refractivity contribution in [2.24, 2.45) is 0 Å². The lowest BCUT2D eigenvalue weighted by atomic mass is 9.92. The van der Waals surface area contributed by atoms with Crippen molar-refractivity contribution in [1.29, 1.82) is 5.26 Å². The molecule has 0 unspecified atom stereocenters. The van der Waals surface area contributed by atoms with Gasteiger partial charge in [-0.15, -0.1) is 0 Å². The molecule has 0 atom stereocenters. The molecule has 3 aromatic rings. The first-order chi connectivity index (χ1) is 13.6. The fourth-order valence-electron chi connectivity index (χ4n) is 2.84. The molecule has 1 heterocycles. The Morgan fingerprint density at radius 2 is 1.82 bits per heavy atom. The Hall–Kier alpha value is -3.85. The minimum absolute atomic E-state index is 0.159. The Morgan fingerprint density at radius 1 is 1.11 bits per heavy atom. The highest BCUT2D eigenvalue weighted by Gasteiger charge is 2.16. The molecular weight excluding hydrogens is 354 g/mol. The van der Waals surface area contributed by atoms with E-state index in [0.717, 1.165) is 16.7 Å². The van der Waals surface area contributed by atoms with E-state index < -0.39 is 5.97 Å². The van der Waals surface area contributed by atoms with E-state index in [1.54, 1.807) is 25.3 Å². The zero-order chi connectivity index (χ0) is 19.9. The average molecular weight is 373 g/mol. The minimum atomic E-state index is -0.424. The van der Waals surface area contributed by atoms with E-state index in [1.807, 2.05) is 42.5 Å². The second-order valence-corrected chi connectivity index (χ2v) is 5.90. The number of carbonyl (C=O) groups excluding carboxylic acids is 1. The van der Waals surface area contributed by atoms with Gasteiger partial charge in [0.05, 0.1) is 6.61 Å². The first kappa shape index (κ1) is 18.9. The Bertz CT molecular complexity index is 1010. The number of hydrogen-bond donors (Lipinski definition) is 1. The van der Waals surface area contributed by atoms with Crippen LogP contribution in [0.5, 0.6) is 5.75 Å². The summed E-state index contributed by atoms with van der Waals surface area (Å²) in [5.41, 5.74) is 9.52. The molecular formula is C22H19N3O3. The van der Waals surface area contributed by atoms with Crippen LogP contribution >= 0.6 is 0 Å². The number of anilines is 1. The highest BCUT2D eigenvalue weighted by molar-refractivity contribution is 5.89. The minimum Gasteiger partial charge on any atom is -0.482 e. The summed E-state index contributed by atoms with van der Waals surface area (Å²) < 4.78 is 10.3. The fourth-order valence-corrected chi connectivity index (χ4v) is 2.84. The van der Waals surface area contributed by atoms with Gasteiger partial charge in [-0.3, -0.25) is 0 Å². The van der Waals surface area contributed by atoms with Gasteiger partial charge in [0.2, 0.25) is 0 Å². The second kappa shape index (κ2) is 8.69. The van der Waals surface area contributed by atoms with Gasteiger partial charge < -0.3 is 15.2 Å². The fraction of sp³-hybridized carbons (Fsp3) is 0.136. The molecule has 0 aliphatic rings. The van der Waals surface area contributed by atoms with Crippen molar-refractivity contribution in [3.8, 4) is 34.1 Å². The summed E-state index contributed by atoms with van der Waals surface area (Å²) in [6.45, 7) is 1.89. The van der Waals surface area contributed by atoms with E-state index >= 15 is 0 Å². The third-order valence-electron chi connectivity index (χ3n) is 4.11. The van der Waals surface area contributed by atoms with Crippen LogP contribution in [0.25, 0.3) is 22.3 Å². The first-order valence-corrected chi connectivity index (χ1v) is 8.77. The number of hydrogen-bond acceptors (Lipinski definition) is 6. The molecule has 0 aliphatic heterocycles. The topological polar surface area (TPSA) is 98.2 Å². The quantitative estimate of drug-likeness (QED) is 0.660. The van der Waals surface area contributed by atoms with Gasteiger partial charge in [0.1, 0.15) is 23.2 Å². The van der Waals surface area contributed by atoms with Crippen LogP contribution in [0.15, 0.2) is 60.8 Å². The number of benzene rings is 2. The molecule has 2 aromatic carbocycles. The number of aromatic nitrogens is 1. The summed E-state index contributed by atoms with van der Waals surface area (Å²) in [5, 5.41) is 9.64. The molecule has 0 spiro atoms. The smallest absolute Gasteiger partial charge is 0.344 e. The monoisotopic (exact) mass is 373 g/mol. The zero-order valence-electron chi connectivity index (χ0n) is 15.4. The highest BCUT2D eigenvalue weighted by Crippen LogP contribution is 2.36. The number of pyridine rings is 1. The van der Waals surface area contributed by atoms with Crippen LogP contribution in [-0.4, -0.2) is 24.2 Å². The molecule has 0 radical (unpaired) electrons. The van der Waals surface area contributed by atoms with Crippen LogP contribution in [-0.2, 0) is 9.53 Å². The van der Waals surface area contributed by atoms with Crippen LogP contribution in [0.4, 0.5) is 5.82 Å². The maximum atomic E-state index is 11.4. The van der Waals surface area contributed by atoms with E-state index in [9.17, 15) is 10.1 Å². The standard InChI is InChI=1S/C22H19N3O3/c1-2-27-20(26)14-28-17-10-8-16(9-11-17)21-18(12-23)22(24)25-13-19(21)15-6-4-3-5-7-15/h3-11,13H,2,14H2,1H3,(H2,24,25). The normalized spacial score (nSPS) is 10.1. The number of rotatable bonds is 6. The van der Waals surface area contributed by atoms with E-state index in [-0.39, 0.29) is 12.4 Å². The van der Waals surface area contributed by atoms with Gasteiger partial charge in [-0.1, -0.05) is 42.5 Å². The summed E-state index contributed by atoms with van der Waals surface area (Å²) in [7, 11) is 0. The van der Waals surface area contributed by atoms with Crippen LogP contribution in [0.3, 0.4) is 0 Å². The number of carbonyl (C=O) groups is 1. The van der Waals surface area contributed by atoms with Crippen molar-refractivity contribution in [3.63, 3.8) is 0 Å². The van der Waals surface area contributed by atoms with E-state index in [1.165, 1.54) is 0 Å². The van der Waals surface area contributed by atoms with Gasteiger partial charge in [-0.05, 0) is 30.2 Å². The summed E-state index contributed by atoms with van der Waals surface area (Å²) in [6.07, 6.45) is 1.67. The lowest BCUT2D eigenvalue weighted by Crippen LogP contribution is -2.14. The van der Waals surface area contributed by atoms with Gasteiger partial charge in [0, 0.05) is 17.3 Å². The molecule has 140 valence electrons. The molecule has 0 fully saturated rings. The molecule has 28 heavy (non-hydrogen) atoms. The van der Waals surface area contributed by atoms with Crippen LogP contribution in [0, 0.1) is 11.3 Å². The summed E-state index contributed by atoms with van der Waals surface area (Å²) >= 11 is 0. The largest absolute Gasteiger partial charge is 0.482 e. The van der Waals surface area contributed by atoms with Crippen LogP contribution < -0.4 is 10.5 Å². The number of nitrogens with two attached hydrogens (primary N) is 1. The van der Waals surface area contributed by atoms with Gasteiger partial charge in [-0.2, -0.15) is 5.26 Å². The summed E-state index contributed by atoms with van der Waals surface area (Å²) in [4.78, 5) is 15.6. The van der Waals surface area contributed by atoms with Crippen molar-refractivity contribution in [2.45, 2.75) is 6.92 Å². The molecule has 6 nitrogen and oxygen atoms in total. The van der Waals surface area contributed by atoms with E-state index in [0.29, 0.717) is 23.5 Å². The van der Waals surface area contributed by atoms with Gasteiger partial charge in [0.25, 0.3) is 0 Å². The number of nitriles is 1. The third-order valence-corrected chi connectivity index (χ3v) is 4.11. The van der Waals surface area contributed by atoms with Crippen molar-refractivity contribution in [3.05, 3.63) is 66.4 Å². The Labute approximate surface area is 163 Å². The predicted octanol–water partition coefficient (Wildman–Crippen LogP) is 3.81. The SMILES string of the molecule is CCOC(=O)COc1ccc(-c2c(-c3ccccc3)cnc(N)c2C#N)cc1. The van der Waals surface area contributed by atoms with Crippen LogP contribution in [0.2, 0.25) is 0 Å². The van der Waals surface area contributed by atoms with Gasteiger partial charge >= 0.3 is 5.97 Å².